The number of halogens is 1. The maximum Gasteiger partial charge on any atom is 0.246 e. The van der Waals surface area contributed by atoms with Gasteiger partial charge >= 0.3 is 0 Å². The van der Waals surface area contributed by atoms with Gasteiger partial charge in [-0.1, -0.05) is 36.7 Å². The van der Waals surface area contributed by atoms with Crippen molar-refractivity contribution in [1.82, 2.24) is 9.97 Å². The molecule has 0 aliphatic rings. The van der Waals surface area contributed by atoms with Crippen LogP contribution in [0.25, 0.3) is 11.4 Å². The number of rotatable bonds is 7. The maximum absolute atomic E-state index is 13.1. The third kappa shape index (κ3) is 4.97. The fraction of sp³-hybridized carbons (Fsp3) is 0.292. The molecule has 3 rings (SSSR count). The number of carbonyl (C=O) groups excluding carboxylic acids is 1. The van der Waals surface area contributed by atoms with Gasteiger partial charge in [0.1, 0.15) is 5.82 Å². The van der Waals surface area contributed by atoms with Crippen molar-refractivity contribution in [1.29, 1.82) is 0 Å². The fourth-order valence-electron chi connectivity index (χ4n) is 3.31. The lowest BCUT2D eigenvalue weighted by molar-refractivity contribution is -0.117. The standard InChI is InChI=1S/C24H27ClN4O/c1-5-15-29(21-9-7-6-8-10-21)22(30)16-28(4)24-17(2)18(3)26-23(27-24)19-11-13-20(25)14-12-19/h6-14H,5,15-16H2,1-4H3. The number of para-hydroxylation sites is 1. The van der Waals surface area contributed by atoms with E-state index in [1.165, 1.54) is 0 Å². The van der Waals surface area contributed by atoms with E-state index in [2.05, 4.69) is 11.9 Å². The minimum Gasteiger partial charge on any atom is -0.350 e. The van der Waals surface area contributed by atoms with E-state index in [1.807, 2.05) is 85.3 Å². The Balaban J connectivity index is 1.87. The Kier molecular flexibility index (Phi) is 7.06. The summed E-state index contributed by atoms with van der Waals surface area (Å²) < 4.78 is 0. The highest BCUT2D eigenvalue weighted by atomic mass is 35.5. The van der Waals surface area contributed by atoms with E-state index < -0.39 is 0 Å². The van der Waals surface area contributed by atoms with Gasteiger partial charge in [0.25, 0.3) is 0 Å². The van der Waals surface area contributed by atoms with Gasteiger partial charge in [-0.2, -0.15) is 0 Å². The summed E-state index contributed by atoms with van der Waals surface area (Å²) in [5.74, 6) is 1.41. The Labute approximate surface area is 183 Å². The van der Waals surface area contributed by atoms with E-state index in [1.54, 1.807) is 0 Å². The van der Waals surface area contributed by atoms with Crippen LogP contribution in [0, 0.1) is 13.8 Å². The Morgan fingerprint density at radius 2 is 1.67 bits per heavy atom. The van der Waals surface area contributed by atoms with E-state index in [0.717, 1.165) is 34.7 Å². The number of anilines is 2. The molecule has 6 heteroatoms. The number of aromatic nitrogens is 2. The zero-order valence-corrected chi connectivity index (χ0v) is 18.6. The highest BCUT2D eigenvalue weighted by Gasteiger charge is 2.20. The smallest absolute Gasteiger partial charge is 0.246 e. The number of amides is 1. The van der Waals surface area contributed by atoms with Crippen LogP contribution in [0.1, 0.15) is 24.6 Å². The van der Waals surface area contributed by atoms with Gasteiger partial charge in [-0.05, 0) is 56.7 Å². The molecule has 3 aromatic rings. The second kappa shape index (κ2) is 9.72. The Hall–Kier alpha value is -2.92. The van der Waals surface area contributed by atoms with Gasteiger partial charge in [-0.25, -0.2) is 9.97 Å². The lowest BCUT2D eigenvalue weighted by atomic mass is 10.1. The minimum atomic E-state index is 0.0364. The van der Waals surface area contributed by atoms with E-state index in [9.17, 15) is 4.79 Å². The Morgan fingerprint density at radius 1 is 1.00 bits per heavy atom. The van der Waals surface area contributed by atoms with Crippen LogP contribution in [0.3, 0.4) is 0 Å². The average molecular weight is 423 g/mol. The molecular formula is C24H27ClN4O. The molecule has 0 aliphatic heterocycles. The molecule has 1 amide bonds. The van der Waals surface area contributed by atoms with Gasteiger partial charge in [0.2, 0.25) is 5.91 Å². The van der Waals surface area contributed by atoms with Crippen LogP contribution in [0.15, 0.2) is 54.6 Å². The third-order valence-corrected chi connectivity index (χ3v) is 5.27. The van der Waals surface area contributed by atoms with Crippen molar-refractivity contribution in [3.8, 4) is 11.4 Å². The van der Waals surface area contributed by atoms with Crippen molar-refractivity contribution >= 4 is 29.0 Å². The first-order chi connectivity index (χ1) is 14.4. The van der Waals surface area contributed by atoms with E-state index >= 15 is 0 Å². The number of nitrogens with zero attached hydrogens (tertiary/aromatic N) is 4. The summed E-state index contributed by atoms with van der Waals surface area (Å²) in [5.41, 5.74) is 3.65. The molecule has 0 bridgehead atoms. The summed E-state index contributed by atoms with van der Waals surface area (Å²) in [7, 11) is 1.90. The monoisotopic (exact) mass is 422 g/mol. The van der Waals surface area contributed by atoms with E-state index in [4.69, 9.17) is 16.6 Å². The minimum absolute atomic E-state index is 0.0364. The van der Waals surface area contributed by atoms with Crippen molar-refractivity contribution in [2.45, 2.75) is 27.2 Å². The van der Waals surface area contributed by atoms with Gasteiger partial charge < -0.3 is 9.80 Å². The van der Waals surface area contributed by atoms with Gasteiger partial charge in [0.05, 0.1) is 6.54 Å². The number of aryl methyl sites for hydroxylation is 1. The predicted molar refractivity (Wildman–Crippen MR) is 124 cm³/mol. The molecule has 30 heavy (non-hydrogen) atoms. The molecule has 0 radical (unpaired) electrons. The average Bonchev–Trinajstić information content (AvgIpc) is 2.74. The molecular weight excluding hydrogens is 396 g/mol. The quantitative estimate of drug-likeness (QED) is 0.518. The van der Waals surface area contributed by atoms with Gasteiger partial charge in [0.15, 0.2) is 5.82 Å². The Bertz CT molecular complexity index is 1010. The molecule has 5 nitrogen and oxygen atoms in total. The lowest BCUT2D eigenvalue weighted by Crippen LogP contribution is -2.40. The van der Waals surface area contributed by atoms with E-state index in [0.29, 0.717) is 17.4 Å². The zero-order chi connectivity index (χ0) is 21.7. The summed E-state index contributed by atoms with van der Waals surface area (Å²) >= 11 is 6.01. The summed E-state index contributed by atoms with van der Waals surface area (Å²) in [6.07, 6.45) is 0.886. The summed E-state index contributed by atoms with van der Waals surface area (Å²) in [5, 5.41) is 0.669. The SMILES string of the molecule is CCCN(C(=O)CN(C)c1nc(-c2ccc(Cl)cc2)nc(C)c1C)c1ccccc1. The lowest BCUT2D eigenvalue weighted by Gasteiger charge is -2.27. The number of hydrogen-bond donors (Lipinski definition) is 0. The van der Waals surface area contributed by atoms with Crippen molar-refractivity contribution in [3.05, 3.63) is 70.9 Å². The topological polar surface area (TPSA) is 49.3 Å². The second-order valence-corrected chi connectivity index (χ2v) is 7.76. The molecule has 0 atom stereocenters. The molecule has 156 valence electrons. The molecule has 0 N–H and O–H groups in total. The predicted octanol–water partition coefficient (Wildman–Crippen LogP) is 5.29. The molecule has 0 unspecified atom stereocenters. The molecule has 0 spiro atoms. The van der Waals surface area contributed by atoms with E-state index in [-0.39, 0.29) is 12.5 Å². The fourth-order valence-corrected chi connectivity index (χ4v) is 3.43. The maximum atomic E-state index is 13.1. The van der Waals surface area contributed by atoms with Crippen LogP contribution < -0.4 is 9.80 Å². The first-order valence-electron chi connectivity index (χ1n) is 10.1. The second-order valence-electron chi connectivity index (χ2n) is 7.33. The number of carbonyl (C=O) groups is 1. The molecule has 1 heterocycles. The molecule has 1 aromatic heterocycles. The number of hydrogen-bond acceptors (Lipinski definition) is 4. The Morgan fingerprint density at radius 3 is 2.30 bits per heavy atom. The van der Waals surface area contributed by atoms with Crippen molar-refractivity contribution in [2.75, 3.05) is 29.9 Å². The van der Waals surface area contributed by atoms with Crippen molar-refractivity contribution < 1.29 is 4.79 Å². The highest BCUT2D eigenvalue weighted by Crippen LogP contribution is 2.25. The van der Waals surface area contributed by atoms with Crippen LogP contribution >= 0.6 is 11.6 Å². The van der Waals surface area contributed by atoms with Crippen LogP contribution in [0.5, 0.6) is 0 Å². The van der Waals surface area contributed by atoms with Crippen LogP contribution in [0.4, 0.5) is 11.5 Å². The normalized spacial score (nSPS) is 10.7. The van der Waals surface area contributed by atoms with Crippen molar-refractivity contribution in [3.63, 3.8) is 0 Å². The molecule has 0 saturated heterocycles. The largest absolute Gasteiger partial charge is 0.350 e. The highest BCUT2D eigenvalue weighted by molar-refractivity contribution is 6.30. The summed E-state index contributed by atoms with van der Waals surface area (Å²) in [6.45, 7) is 6.92. The first kappa shape index (κ1) is 21.8. The molecule has 2 aromatic carbocycles. The van der Waals surface area contributed by atoms with Crippen LogP contribution in [-0.2, 0) is 4.79 Å². The van der Waals surface area contributed by atoms with Gasteiger partial charge in [-0.3, -0.25) is 4.79 Å². The first-order valence-corrected chi connectivity index (χ1v) is 10.5. The van der Waals surface area contributed by atoms with Crippen LogP contribution in [-0.4, -0.2) is 36.0 Å². The summed E-state index contributed by atoms with van der Waals surface area (Å²) in [6, 6.07) is 17.2. The molecule has 0 saturated carbocycles. The zero-order valence-electron chi connectivity index (χ0n) is 17.9. The third-order valence-electron chi connectivity index (χ3n) is 5.02. The number of likely N-dealkylation sites (N-methyl/N-ethyl adjacent to an activating group) is 1. The summed E-state index contributed by atoms with van der Waals surface area (Å²) in [4.78, 5) is 26.3. The number of benzene rings is 2. The van der Waals surface area contributed by atoms with Crippen LogP contribution in [0.2, 0.25) is 5.02 Å². The van der Waals surface area contributed by atoms with Gasteiger partial charge in [0, 0.05) is 41.1 Å². The molecule has 0 aliphatic carbocycles. The molecule has 0 fully saturated rings. The van der Waals surface area contributed by atoms with Gasteiger partial charge in [-0.15, -0.1) is 0 Å². The van der Waals surface area contributed by atoms with Crippen molar-refractivity contribution in [2.24, 2.45) is 0 Å².